The Morgan fingerprint density at radius 2 is 2.06 bits per heavy atom. The van der Waals surface area contributed by atoms with Gasteiger partial charge in [-0.15, -0.1) is 0 Å². The van der Waals surface area contributed by atoms with Gasteiger partial charge in [0.25, 0.3) is 0 Å². The number of methoxy groups -OCH3 is 1. The van der Waals surface area contributed by atoms with Crippen LogP contribution in [0, 0.1) is 0 Å². The fourth-order valence-electron chi connectivity index (χ4n) is 3.92. The topological polar surface area (TPSA) is 88.1 Å². The molecule has 2 aromatic rings. The van der Waals surface area contributed by atoms with Crippen molar-refractivity contribution in [1.29, 1.82) is 0 Å². The maximum absolute atomic E-state index is 12.8. The Morgan fingerprint density at radius 3 is 2.81 bits per heavy atom. The van der Waals surface area contributed by atoms with Gasteiger partial charge in [0.1, 0.15) is 11.5 Å². The van der Waals surface area contributed by atoms with E-state index in [9.17, 15) is 14.7 Å². The second-order valence-electron chi connectivity index (χ2n) is 7.62. The lowest BCUT2D eigenvalue weighted by Crippen LogP contribution is -2.43. The minimum absolute atomic E-state index is 0.0468. The monoisotopic (exact) mass is 426 g/mol. The van der Waals surface area contributed by atoms with Gasteiger partial charge in [-0.3, -0.25) is 4.79 Å². The zero-order valence-electron chi connectivity index (χ0n) is 18.1. The number of carboxylic acids is 1. The lowest BCUT2D eigenvalue weighted by molar-refractivity contribution is -0.131. The molecule has 0 radical (unpaired) electrons. The zero-order valence-corrected chi connectivity index (χ0v) is 18.1. The number of hydrogen-bond acceptors (Lipinski definition) is 5. The molecule has 1 heterocycles. The molecule has 166 valence electrons. The summed E-state index contributed by atoms with van der Waals surface area (Å²) >= 11 is 0. The number of carboxylic acid groups (broad SMARTS) is 1. The molecule has 1 aliphatic rings. The molecule has 31 heavy (non-hydrogen) atoms. The molecule has 2 N–H and O–H groups in total. The van der Waals surface area contributed by atoms with Gasteiger partial charge in [-0.05, 0) is 43.5 Å². The molecule has 0 aromatic heterocycles. The van der Waals surface area contributed by atoms with Crippen molar-refractivity contribution in [3.63, 3.8) is 0 Å². The van der Waals surface area contributed by atoms with E-state index in [0.29, 0.717) is 19.7 Å². The Kier molecular flexibility index (Phi) is 7.89. The first kappa shape index (κ1) is 22.6. The number of benzene rings is 2. The Balaban J connectivity index is 1.56. The highest BCUT2D eigenvalue weighted by atomic mass is 16.5. The van der Waals surface area contributed by atoms with Crippen molar-refractivity contribution in [2.24, 2.45) is 0 Å². The average molecular weight is 427 g/mol. The summed E-state index contributed by atoms with van der Waals surface area (Å²) in [7, 11) is 1.62. The predicted molar refractivity (Wildman–Crippen MR) is 118 cm³/mol. The fraction of sp³-hybridized carbons (Fsp3) is 0.417. The molecule has 3 rings (SSSR count). The van der Waals surface area contributed by atoms with Gasteiger partial charge in [0, 0.05) is 37.2 Å². The van der Waals surface area contributed by atoms with Crippen LogP contribution in [0.5, 0.6) is 11.5 Å². The number of aromatic carboxylic acids is 1. The van der Waals surface area contributed by atoms with Crippen LogP contribution in [0.1, 0.15) is 47.2 Å². The quantitative estimate of drug-likeness (QED) is 0.640. The summed E-state index contributed by atoms with van der Waals surface area (Å²) in [5, 5.41) is 12.5. The summed E-state index contributed by atoms with van der Waals surface area (Å²) in [6.07, 6.45) is 1.85. The summed E-state index contributed by atoms with van der Waals surface area (Å²) in [5.74, 6) is 0.751. The number of carbonyl (C=O) groups is 2. The Hall–Kier alpha value is -3.06. The van der Waals surface area contributed by atoms with Crippen LogP contribution in [0.4, 0.5) is 0 Å². The molecular formula is C24H30N2O5. The van der Waals surface area contributed by atoms with E-state index in [-0.39, 0.29) is 23.9 Å². The van der Waals surface area contributed by atoms with Crippen LogP contribution in [0.2, 0.25) is 0 Å². The molecule has 1 amide bonds. The van der Waals surface area contributed by atoms with Crippen molar-refractivity contribution in [3.05, 3.63) is 59.2 Å². The molecule has 1 aliphatic heterocycles. The standard InChI is InChI=1S/C24H30N2O5/c1-3-31-22-13-21(30-2)10-9-19(22)14-25-15-23(27)26-11-5-8-20(16-26)17-6-4-7-18(12-17)24(28)29/h4,6-7,9-10,12-13,20,25H,3,5,8,11,14-16H2,1-2H3,(H,28,29). The zero-order chi connectivity index (χ0) is 22.2. The van der Waals surface area contributed by atoms with Gasteiger partial charge in [0.05, 0.1) is 25.8 Å². The minimum atomic E-state index is -0.931. The third-order valence-corrected chi connectivity index (χ3v) is 5.54. The second-order valence-corrected chi connectivity index (χ2v) is 7.62. The third-order valence-electron chi connectivity index (χ3n) is 5.54. The number of nitrogens with zero attached hydrogens (tertiary/aromatic N) is 1. The maximum atomic E-state index is 12.8. The second kappa shape index (κ2) is 10.8. The number of rotatable bonds is 9. The maximum Gasteiger partial charge on any atom is 0.335 e. The SMILES string of the molecule is CCOc1cc(OC)ccc1CNCC(=O)N1CCCC(c2cccc(C(=O)O)c2)C1. The van der Waals surface area contributed by atoms with Crippen molar-refractivity contribution in [2.75, 3.05) is 33.4 Å². The fourth-order valence-corrected chi connectivity index (χ4v) is 3.92. The molecule has 0 bridgehead atoms. The Labute approximate surface area is 183 Å². The molecular weight excluding hydrogens is 396 g/mol. The highest BCUT2D eigenvalue weighted by Gasteiger charge is 2.25. The first-order valence-electron chi connectivity index (χ1n) is 10.6. The largest absolute Gasteiger partial charge is 0.497 e. The number of hydrogen-bond donors (Lipinski definition) is 2. The van der Waals surface area contributed by atoms with Crippen LogP contribution in [-0.2, 0) is 11.3 Å². The number of likely N-dealkylation sites (tertiary alicyclic amines) is 1. The van der Waals surface area contributed by atoms with Crippen molar-refractivity contribution in [2.45, 2.75) is 32.2 Å². The minimum Gasteiger partial charge on any atom is -0.497 e. The summed E-state index contributed by atoms with van der Waals surface area (Å²) in [5.41, 5.74) is 2.23. The van der Waals surface area contributed by atoms with Crippen LogP contribution >= 0.6 is 0 Å². The number of carbonyl (C=O) groups excluding carboxylic acids is 1. The van der Waals surface area contributed by atoms with E-state index < -0.39 is 5.97 Å². The van der Waals surface area contributed by atoms with Crippen molar-refractivity contribution < 1.29 is 24.2 Å². The first-order valence-corrected chi connectivity index (χ1v) is 10.6. The molecule has 0 aliphatic carbocycles. The summed E-state index contributed by atoms with van der Waals surface area (Å²) in [6.45, 7) is 4.57. The van der Waals surface area contributed by atoms with Gasteiger partial charge >= 0.3 is 5.97 Å². The third kappa shape index (κ3) is 5.98. The molecule has 1 atom stereocenters. The molecule has 2 aromatic carbocycles. The van der Waals surface area contributed by atoms with Crippen LogP contribution in [0.3, 0.4) is 0 Å². The highest BCUT2D eigenvalue weighted by molar-refractivity contribution is 5.87. The smallest absolute Gasteiger partial charge is 0.335 e. The Morgan fingerprint density at radius 1 is 1.23 bits per heavy atom. The van der Waals surface area contributed by atoms with Gasteiger partial charge in [0.2, 0.25) is 5.91 Å². The van der Waals surface area contributed by atoms with E-state index in [1.165, 1.54) is 0 Å². The molecule has 0 spiro atoms. The molecule has 1 saturated heterocycles. The van der Waals surface area contributed by atoms with Crippen molar-refractivity contribution in [1.82, 2.24) is 10.2 Å². The van der Waals surface area contributed by atoms with E-state index >= 15 is 0 Å². The van der Waals surface area contributed by atoms with Gasteiger partial charge in [-0.25, -0.2) is 4.79 Å². The van der Waals surface area contributed by atoms with Crippen LogP contribution < -0.4 is 14.8 Å². The number of piperidine rings is 1. The van der Waals surface area contributed by atoms with Gasteiger partial charge in [-0.2, -0.15) is 0 Å². The number of nitrogens with one attached hydrogen (secondary N) is 1. The van der Waals surface area contributed by atoms with Gasteiger partial charge < -0.3 is 24.8 Å². The normalized spacial score (nSPS) is 16.1. The summed E-state index contributed by atoms with van der Waals surface area (Å²) in [4.78, 5) is 25.9. The number of amides is 1. The first-order chi connectivity index (χ1) is 15.0. The highest BCUT2D eigenvalue weighted by Crippen LogP contribution is 2.28. The lowest BCUT2D eigenvalue weighted by atomic mass is 9.89. The van der Waals surface area contributed by atoms with Crippen molar-refractivity contribution in [3.8, 4) is 11.5 Å². The van der Waals surface area contributed by atoms with Crippen LogP contribution in [0.15, 0.2) is 42.5 Å². The van der Waals surface area contributed by atoms with E-state index in [1.807, 2.05) is 36.1 Å². The molecule has 1 fully saturated rings. The van der Waals surface area contributed by atoms with E-state index in [0.717, 1.165) is 42.0 Å². The molecule has 0 saturated carbocycles. The summed E-state index contributed by atoms with van der Waals surface area (Å²) in [6, 6.07) is 12.7. The molecule has 7 heteroatoms. The number of ether oxygens (including phenoxy) is 2. The predicted octanol–water partition coefficient (Wildman–Crippen LogP) is 3.29. The van der Waals surface area contributed by atoms with E-state index in [4.69, 9.17) is 9.47 Å². The van der Waals surface area contributed by atoms with Gasteiger partial charge in [-0.1, -0.05) is 18.2 Å². The van der Waals surface area contributed by atoms with Gasteiger partial charge in [0.15, 0.2) is 0 Å². The van der Waals surface area contributed by atoms with E-state index in [2.05, 4.69) is 5.32 Å². The van der Waals surface area contributed by atoms with E-state index in [1.54, 1.807) is 25.3 Å². The summed E-state index contributed by atoms with van der Waals surface area (Å²) < 4.78 is 10.9. The average Bonchev–Trinajstić information content (AvgIpc) is 2.80. The Bertz CT molecular complexity index is 915. The van der Waals surface area contributed by atoms with Crippen LogP contribution in [0.25, 0.3) is 0 Å². The van der Waals surface area contributed by atoms with Crippen LogP contribution in [-0.4, -0.2) is 55.2 Å². The molecule has 1 unspecified atom stereocenters. The lowest BCUT2D eigenvalue weighted by Gasteiger charge is -2.33. The van der Waals surface area contributed by atoms with Crippen molar-refractivity contribution >= 4 is 11.9 Å². The molecule has 7 nitrogen and oxygen atoms in total.